The molecule has 1 amide bonds. The Bertz CT molecular complexity index is 370. The van der Waals surface area contributed by atoms with E-state index >= 15 is 0 Å². The van der Waals surface area contributed by atoms with Crippen LogP contribution in [-0.4, -0.2) is 19.1 Å². The summed E-state index contributed by atoms with van der Waals surface area (Å²) in [6, 6.07) is 5.59. The Labute approximate surface area is 108 Å². The molecule has 1 aromatic rings. The summed E-state index contributed by atoms with van der Waals surface area (Å²) >= 11 is 0. The molecule has 0 atom stereocenters. The van der Waals surface area contributed by atoms with E-state index in [1.165, 1.54) is 0 Å². The number of carbonyl (C=O) groups excluding carboxylic acids is 1. The molecule has 96 valence electrons. The van der Waals surface area contributed by atoms with Gasteiger partial charge in [-0.05, 0) is 37.6 Å². The quantitative estimate of drug-likeness (QED) is 0.850. The van der Waals surface area contributed by atoms with Crippen molar-refractivity contribution in [1.29, 1.82) is 0 Å². The van der Waals surface area contributed by atoms with E-state index in [0.717, 1.165) is 17.0 Å². The summed E-state index contributed by atoms with van der Waals surface area (Å²) in [5, 5.41) is 2.81. The van der Waals surface area contributed by atoms with Crippen LogP contribution >= 0.6 is 12.4 Å². The summed E-state index contributed by atoms with van der Waals surface area (Å²) in [4.78, 5) is 11.4. The number of halogens is 1. The van der Waals surface area contributed by atoms with Crippen LogP contribution in [0.15, 0.2) is 18.2 Å². The number of amides is 1. The summed E-state index contributed by atoms with van der Waals surface area (Å²) in [6.45, 7) is 4.87. The minimum Gasteiger partial charge on any atom is -0.494 e. The number of anilines is 1. The Morgan fingerprint density at radius 1 is 1.47 bits per heavy atom. The van der Waals surface area contributed by atoms with Gasteiger partial charge in [-0.3, -0.25) is 4.79 Å². The van der Waals surface area contributed by atoms with Crippen LogP contribution in [0.3, 0.4) is 0 Å². The first-order valence-electron chi connectivity index (χ1n) is 5.40. The molecule has 0 saturated heterocycles. The molecule has 1 rings (SSSR count). The molecule has 5 heteroatoms. The minimum atomic E-state index is -0.0604. The number of nitrogens with two attached hydrogens (primary N) is 1. The standard InChI is InChI=1S/C12H18N2O2.ClH/c1-3-16-10-4-5-11(9(2)8-10)14-12(15)6-7-13;/h4-5,8H,3,6-7,13H2,1-2H3,(H,14,15);1H. The summed E-state index contributed by atoms with van der Waals surface area (Å²) < 4.78 is 5.36. The van der Waals surface area contributed by atoms with E-state index in [4.69, 9.17) is 10.5 Å². The molecule has 0 saturated carbocycles. The molecule has 0 fully saturated rings. The molecule has 1 aromatic carbocycles. The molecule has 0 aliphatic rings. The zero-order chi connectivity index (χ0) is 12.0. The van der Waals surface area contributed by atoms with Gasteiger partial charge in [0.1, 0.15) is 5.75 Å². The first-order valence-corrected chi connectivity index (χ1v) is 5.40. The highest BCUT2D eigenvalue weighted by Gasteiger charge is 2.04. The Hall–Kier alpha value is -1.26. The Balaban J connectivity index is 0.00000256. The lowest BCUT2D eigenvalue weighted by atomic mass is 10.2. The van der Waals surface area contributed by atoms with Crippen molar-refractivity contribution in [3.8, 4) is 5.75 Å². The molecule has 0 spiro atoms. The van der Waals surface area contributed by atoms with Crippen molar-refractivity contribution < 1.29 is 9.53 Å². The van der Waals surface area contributed by atoms with Crippen molar-refractivity contribution in [2.75, 3.05) is 18.5 Å². The number of hydrogen-bond donors (Lipinski definition) is 2. The third-order valence-electron chi connectivity index (χ3n) is 2.15. The third-order valence-corrected chi connectivity index (χ3v) is 2.15. The average Bonchev–Trinajstić information content (AvgIpc) is 2.23. The van der Waals surface area contributed by atoms with Crippen molar-refractivity contribution in [2.24, 2.45) is 5.73 Å². The van der Waals surface area contributed by atoms with Gasteiger partial charge in [-0.25, -0.2) is 0 Å². The van der Waals surface area contributed by atoms with Gasteiger partial charge in [-0.2, -0.15) is 0 Å². The fraction of sp³-hybridized carbons (Fsp3) is 0.417. The van der Waals surface area contributed by atoms with Crippen LogP contribution in [0.5, 0.6) is 5.75 Å². The summed E-state index contributed by atoms with van der Waals surface area (Å²) in [5.74, 6) is 0.756. The van der Waals surface area contributed by atoms with Gasteiger partial charge in [0.25, 0.3) is 0 Å². The van der Waals surface area contributed by atoms with Crippen LogP contribution in [0.1, 0.15) is 18.9 Å². The molecular formula is C12H19ClN2O2. The Morgan fingerprint density at radius 3 is 2.71 bits per heavy atom. The molecule has 0 aliphatic carbocycles. The predicted molar refractivity (Wildman–Crippen MR) is 71.9 cm³/mol. The number of ether oxygens (including phenoxy) is 1. The topological polar surface area (TPSA) is 64.3 Å². The Morgan fingerprint density at radius 2 is 2.18 bits per heavy atom. The van der Waals surface area contributed by atoms with Crippen LogP contribution in [0.4, 0.5) is 5.69 Å². The van der Waals surface area contributed by atoms with Crippen LogP contribution in [0.2, 0.25) is 0 Å². The molecule has 17 heavy (non-hydrogen) atoms. The van der Waals surface area contributed by atoms with E-state index in [1.54, 1.807) is 0 Å². The van der Waals surface area contributed by atoms with Crippen molar-refractivity contribution in [2.45, 2.75) is 20.3 Å². The smallest absolute Gasteiger partial charge is 0.225 e. The highest BCUT2D eigenvalue weighted by Crippen LogP contribution is 2.21. The van der Waals surface area contributed by atoms with E-state index in [0.29, 0.717) is 19.6 Å². The van der Waals surface area contributed by atoms with Crippen molar-refractivity contribution in [3.63, 3.8) is 0 Å². The van der Waals surface area contributed by atoms with Gasteiger partial charge >= 0.3 is 0 Å². The molecular weight excluding hydrogens is 240 g/mol. The summed E-state index contributed by atoms with van der Waals surface area (Å²) in [6.07, 6.45) is 0.340. The monoisotopic (exact) mass is 258 g/mol. The maximum absolute atomic E-state index is 11.4. The second-order valence-electron chi connectivity index (χ2n) is 3.50. The van der Waals surface area contributed by atoms with Crippen molar-refractivity contribution in [3.05, 3.63) is 23.8 Å². The van der Waals surface area contributed by atoms with E-state index in [9.17, 15) is 4.79 Å². The van der Waals surface area contributed by atoms with Gasteiger partial charge in [-0.15, -0.1) is 12.4 Å². The fourth-order valence-electron chi connectivity index (χ4n) is 1.38. The molecule has 0 unspecified atom stereocenters. The lowest BCUT2D eigenvalue weighted by Crippen LogP contribution is -2.16. The lowest BCUT2D eigenvalue weighted by molar-refractivity contribution is -0.116. The van der Waals surface area contributed by atoms with Crippen LogP contribution < -0.4 is 15.8 Å². The van der Waals surface area contributed by atoms with Gasteiger partial charge in [0, 0.05) is 18.7 Å². The maximum Gasteiger partial charge on any atom is 0.225 e. The van der Waals surface area contributed by atoms with E-state index < -0.39 is 0 Å². The number of hydrogen-bond acceptors (Lipinski definition) is 3. The van der Waals surface area contributed by atoms with Gasteiger partial charge < -0.3 is 15.8 Å². The first kappa shape index (κ1) is 15.7. The molecule has 3 N–H and O–H groups in total. The summed E-state index contributed by atoms with van der Waals surface area (Å²) in [5.41, 5.74) is 7.09. The Kier molecular flexibility index (Phi) is 7.34. The van der Waals surface area contributed by atoms with Gasteiger partial charge in [-0.1, -0.05) is 0 Å². The van der Waals surface area contributed by atoms with E-state index in [2.05, 4.69) is 5.32 Å². The van der Waals surface area contributed by atoms with Crippen LogP contribution in [0, 0.1) is 6.92 Å². The number of nitrogens with one attached hydrogen (secondary N) is 1. The molecule has 0 radical (unpaired) electrons. The zero-order valence-corrected chi connectivity index (χ0v) is 11.0. The fourth-order valence-corrected chi connectivity index (χ4v) is 1.38. The maximum atomic E-state index is 11.4. The molecule has 0 heterocycles. The second-order valence-corrected chi connectivity index (χ2v) is 3.50. The van der Waals surface area contributed by atoms with Gasteiger partial charge in [0.2, 0.25) is 5.91 Å². The molecule has 4 nitrogen and oxygen atoms in total. The predicted octanol–water partition coefficient (Wildman–Crippen LogP) is 2.10. The van der Waals surface area contributed by atoms with E-state index in [1.807, 2.05) is 32.0 Å². The highest BCUT2D eigenvalue weighted by atomic mass is 35.5. The van der Waals surface area contributed by atoms with Gasteiger partial charge in [0.05, 0.1) is 6.61 Å². The third kappa shape index (κ3) is 5.06. The van der Waals surface area contributed by atoms with Gasteiger partial charge in [0.15, 0.2) is 0 Å². The SMILES string of the molecule is CCOc1ccc(NC(=O)CCN)c(C)c1.Cl. The number of carbonyl (C=O) groups is 1. The number of benzene rings is 1. The molecule has 0 aromatic heterocycles. The van der Waals surface area contributed by atoms with Crippen LogP contribution in [-0.2, 0) is 4.79 Å². The summed E-state index contributed by atoms with van der Waals surface area (Å²) in [7, 11) is 0. The molecule has 0 aliphatic heterocycles. The van der Waals surface area contributed by atoms with Crippen molar-refractivity contribution >= 4 is 24.0 Å². The number of aryl methyl sites for hydroxylation is 1. The first-order chi connectivity index (χ1) is 7.67. The lowest BCUT2D eigenvalue weighted by Gasteiger charge is -2.10. The average molecular weight is 259 g/mol. The zero-order valence-electron chi connectivity index (χ0n) is 10.2. The molecule has 0 bridgehead atoms. The normalized spacial score (nSPS) is 9.35. The van der Waals surface area contributed by atoms with Crippen LogP contribution in [0.25, 0.3) is 0 Å². The number of rotatable bonds is 5. The largest absolute Gasteiger partial charge is 0.494 e. The highest BCUT2D eigenvalue weighted by molar-refractivity contribution is 5.91. The minimum absolute atomic E-state index is 0. The second kappa shape index (κ2) is 7.92. The van der Waals surface area contributed by atoms with Crippen molar-refractivity contribution in [1.82, 2.24) is 0 Å². The van der Waals surface area contributed by atoms with E-state index in [-0.39, 0.29) is 18.3 Å².